The minimum absolute atomic E-state index is 0.00437. The van der Waals surface area contributed by atoms with Gasteiger partial charge in [-0.3, -0.25) is 9.59 Å². The first-order chi connectivity index (χ1) is 15.7. The van der Waals surface area contributed by atoms with Crippen molar-refractivity contribution in [2.75, 3.05) is 6.61 Å². The largest absolute Gasteiger partial charge is 0.464 e. The van der Waals surface area contributed by atoms with Gasteiger partial charge in [0.15, 0.2) is 22.9 Å². The van der Waals surface area contributed by atoms with E-state index < -0.39 is 41.9 Å². The molecule has 1 aromatic rings. The number of furan rings is 1. The number of carbonyl (C=O) groups excluding carboxylic acids is 2. The van der Waals surface area contributed by atoms with Crippen molar-refractivity contribution >= 4 is 11.6 Å². The summed E-state index contributed by atoms with van der Waals surface area (Å²) in [6.07, 6.45) is 7.42. The van der Waals surface area contributed by atoms with Crippen molar-refractivity contribution in [1.29, 1.82) is 0 Å². The number of allylic oxidation sites excluding steroid dienone is 4. The van der Waals surface area contributed by atoms with Crippen LogP contribution in [-0.4, -0.2) is 46.2 Å². The summed E-state index contributed by atoms with van der Waals surface area (Å²) in [6, 6.07) is 3.49. The van der Waals surface area contributed by atoms with Crippen LogP contribution in [0.3, 0.4) is 0 Å². The molecule has 6 rings (SSSR count). The van der Waals surface area contributed by atoms with E-state index in [1.165, 1.54) is 6.26 Å². The second-order valence-corrected chi connectivity index (χ2v) is 10.9. The molecule has 7 heteroatoms. The van der Waals surface area contributed by atoms with E-state index in [-0.39, 0.29) is 29.0 Å². The van der Waals surface area contributed by atoms with Crippen molar-refractivity contribution in [3.63, 3.8) is 0 Å². The van der Waals surface area contributed by atoms with Crippen LogP contribution >= 0.6 is 0 Å². The number of carbonyl (C=O) groups is 2. The molecule has 4 aliphatic carbocycles. The maximum atomic E-state index is 13.4. The highest BCUT2D eigenvalue weighted by molar-refractivity contribution is 6.01. The highest BCUT2D eigenvalue weighted by Crippen LogP contribution is 2.70. The molecule has 33 heavy (non-hydrogen) atoms. The van der Waals surface area contributed by atoms with E-state index >= 15 is 0 Å². The fraction of sp³-hybridized carbons (Fsp3) is 0.615. The highest BCUT2D eigenvalue weighted by atomic mass is 16.8. The molecule has 9 atom stereocenters. The van der Waals surface area contributed by atoms with E-state index in [0.29, 0.717) is 18.6 Å². The maximum absolute atomic E-state index is 13.4. The van der Waals surface area contributed by atoms with Crippen molar-refractivity contribution in [2.24, 2.45) is 28.6 Å². The highest BCUT2D eigenvalue weighted by Gasteiger charge is 2.76. The van der Waals surface area contributed by atoms with Crippen LogP contribution in [0.1, 0.15) is 51.6 Å². The van der Waals surface area contributed by atoms with Crippen LogP contribution in [0.2, 0.25) is 0 Å². The van der Waals surface area contributed by atoms with Gasteiger partial charge >= 0.3 is 0 Å². The number of rotatable bonds is 3. The Labute approximate surface area is 192 Å². The summed E-state index contributed by atoms with van der Waals surface area (Å²) < 4.78 is 18.2. The lowest BCUT2D eigenvalue weighted by molar-refractivity contribution is -0.203. The lowest BCUT2D eigenvalue weighted by Gasteiger charge is -2.59. The van der Waals surface area contributed by atoms with E-state index in [9.17, 15) is 19.8 Å². The number of fused-ring (bicyclic) bond motifs is 7. The molecule has 3 saturated carbocycles. The second kappa shape index (κ2) is 6.98. The Balaban J connectivity index is 1.41. The Morgan fingerprint density at radius 2 is 2.12 bits per heavy atom. The Morgan fingerprint density at radius 1 is 1.30 bits per heavy atom. The number of hydrogen-bond donors (Lipinski definition) is 2. The topological polar surface area (TPSA) is 106 Å². The number of hydrogen-bond acceptors (Lipinski definition) is 7. The lowest BCUT2D eigenvalue weighted by atomic mass is 9.46. The van der Waals surface area contributed by atoms with Crippen molar-refractivity contribution in [2.45, 2.75) is 63.6 Å². The van der Waals surface area contributed by atoms with Gasteiger partial charge in [0, 0.05) is 16.7 Å². The maximum Gasteiger partial charge on any atom is 0.218 e. The number of aliphatic hydroxyl groups excluding tert-OH is 2. The molecule has 4 fully saturated rings. The van der Waals surface area contributed by atoms with Crippen LogP contribution in [-0.2, 0) is 19.1 Å². The van der Waals surface area contributed by atoms with Gasteiger partial charge in [-0.2, -0.15) is 0 Å². The van der Waals surface area contributed by atoms with Crippen LogP contribution in [0.4, 0.5) is 0 Å². The van der Waals surface area contributed by atoms with Crippen molar-refractivity contribution in [3.8, 4) is 0 Å². The molecule has 0 bridgehead atoms. The van der Waals surface area contributed by atoms with Gasteiger partial charge in [0.25, 0.3) is 0 Å². The number of Topliss-reactive ketones (excluding diaryl/α,β-unsaturated/α-hetero) is 1. The zero-order valence-electron chi connectivity index (χ0n) is 18.9. The molecule has 2 heterocycles. The Morgan fingerprint density at radius 3 is 2.85 bits per heavy atom. The molecule has 1 saturated heterocycles. The summed E-state index contributed by atoms with van der Waals surface area (Å²) in [5.41, 5.74) is -1.35. The first-order valence-electron chi connectivity index (χ1n) is 11.9. The molecular formula is C26H30O7. The third-order valence-electron chi connectivity index (χ3n) is 9.57. The zero-order chi connectivity index (χ0) is 23.2. The van der Waals surface area contributed by atoms with E-state index in [4.69, 9.17) is 13.9 Å². The van der Waals surface area contributed by atoms with Crippen LogP contribution in [0, 0.1) is 28.6 Å². The zero-order valence-corrected chi connectivity index (χ0v) is 18.9. The Bertz CT molecular complexity index is 1060. The van der Waals surface area contributed by atoms with Crippen LogP contribution < -0.4 is 0 Å². The molecule has 2 N–H and O–H groups in total. The molecule has 0 radical (unpaired) electrons. The molecule has 176 valence electrons. The average Bonchev–Trinajstić information content (AvgIpc) is 3.48. The van der Waals surface area contributed by atoms with Gasteiger partial charge in [0.1, 0.15) is 6.61 Å². The molecule has 1 aromatic heterocycles. The molecule has 5 aliphatic rings. The first kappa shape index (κ1) is 21.5. The SMILES string of the molecule is C[C@]12C=CC(=O)C=C1CC[C@H]1[C@H]2[C@@H](O)C[C@@]2(C)[C@@H]1C[C@H]1O[C@@H](c3ccco3)O[C@@]12C(=O)CO. The summed E-state index contributed by atoms with van der Waals surface area (Å²) in [5.74, 6) is 0.254. The van der Waals surface area contributed by atoms with Gasteiger partial charge in [0.2, 0.25) is 6.29 Å². The number of aliphatic hydroxyl groups is 2. The number of ether oxygens (including phenoxy) is 2. The fourth-order valence-electron chi connectivity index (χ4n) is 8.24. The molecule has 7 nitrogen and oxygen atoms in total. The standard InChI is InChI=1S/C26H30O7/c1-24-8-7-15(28)10-14(24)5-6-16-17-11-21-26(20(30)13-27,25(17,2)12-18(29)22(16)24)33-23(32-21)19-4-3-9-31-19/h3-4,7-10,16-18,21-23,27,29H,5-6,11-13H2,1-2H3/t16-,17-,18+,21-,22+,23-,24+,25+,26+/m1/s1. The summed E-state index contributed by atoms with van der Waals surface area (Å²) in [7, 11) is 0. The second-order valence-electron chi connectivity index (χ2n) is 10.9. The molecular weight excluding hydrogens is 424 g/mol. The monoisotopic (exact) mass is 454 g/mol. The van der Waals surface area contributed by atoms with Gasteiger partial charge < -0.3 is 24.1 Å². The minimum Gasteiger partial charge on any atom is -0.464 e. The van der Waals surface area contributed by atoms with Gasteiger partial charge in [-0.25, -0.2) is 0 Å². The van der Waals surface area contributed by atoms with Gasteiger partial charge in [0.05, 0.1) is 18.5 Å². The fourth-order valence-corrected chi connectivity index (χ4v) is 8.24. The third kappa shape index (κ3) is 2.59. The smallest absolute Gasteiger partial charge is 0.218 e. The Hall–Kier alpha value is -2.06. The van der Waals surface area contributed by atoms with Crippen molar-refractivity contribution in [1.82, 2.24) is 0 Å². The van der Waals surface area contributed by atoms with E-state index in [0.717, 1.165) is 18.4 Å². The summed E-state index contributed by atoms with van der Waals surface area (Å²) in [5, 5.41) is 21.5. The predicted octanol–water partition coefficient (Wildman–Crippen LogP) is 2.88. The third-order valence-corrected chi connectivity index (χ3v) is 9.57. The van der Waals surface area contributed by atoms with E-state index in [1.54, 1.807) is 24.3 Å². The van der Waals surface area contributed by atoms with Crippen LogP contribution in [0.25, 0.3) is 0 Å². The van der Waals surface area contributed by atoms with Crippen molar-refractivity contribution < 1.29 is 33.7 Å². The average molecular weight is 455 g/mol. The van der Waals surface area contributed by atoms with E-state index in [1.807, 2.05) is 13.0 Å². The van der Waals surface area contributed by atoms with Crippen LogP contribution in [0.15, 0.2) is 46.6 Å². The van der Waals surface area contributed by atoms with Gasteiger partial charge in [-0.15, -0.1) is 0 Å². The molecule has 0 amide bonds. The first-order valence-corrected chi connectivity index (χ1v) is 11.9. The Kier molecular flexibility index (Phi) is 4.54. The summed E-state index contributed by atoms with van der Waals surface area (Å²) >= 11 is 0. The predicted molar refractivity (Wildman–Crippen MR) is 116 cm³/mol. The lowest BCUT2D eigenvalue weighted by Crippen LogP contribution is -2.63. The van der Waals surface area contributed by atoms with Crippen LogP contribution in [0.5, 0.6) is 0 Å². The number of ketones is 2. The van der Waals surface area contributed by atoms with Crippen molar-refractivity contribution in [3.05, 3.63) is 48.0 Å². The minimum atomic E-state index is -1.34. The molecule has 1 aliphatic heterocycles. The molecule has 0 aromatic carbocycles. The normalized spacial score (nSPS) is 48.0. The quantitative estimate of drug-likeness (QED) is 0.723. The summed E-state index contributed by atoms with van der Waals surface area (Å²) in [4.78, 5) is 25.4. The summed E-state index contributed by atoms with van der Waals surface area (Å²) in [6.45, 7) is 3.49. The van der Waals surface area contributed by atoms with E-state index in [2.05, 4.69) is 6.92 Å². The van der Waals surface area contributed by atoms with Gasteiger partial charge in [-0.05, 0) is 61.8 Å². The molecule has 0 spiro atoms. The molecule has 0 unspecified atom stereocenters. The van der Waals surface area contributed by atoms with Gasteiger partial charge in [-0.1, -0.05) is 25.5 Å².